The molecule has 2 amide bonds. The Bertz CT molecular complexity index is 454. The first-order chi connectivity index (χ1) is 9.06. The second-order valence-corrected chi connectivity index (χ2v) is 4.13. The van der Waals surface area contributed by atoms with E-state index in [-0.39, 0.29) is 24.8 Å². The van der Waals surface area contributed by atoms with Crippen molar-refractivity contribution in [3.63, 3.8) is 0 Å². The first-order valence-electron chi connectivity index (χ1n) is 5.97. The van der Waals surface area contributed by atoms with Gasteiger partial charge in [-0.25, -0.2) is 0 Å². The summed E-state index contributed by atoms with van der Waals surface area (Å²) in [4.78, 5) is 23.1. The highest BCUT2D eigenvalue weighted by Gasteiger charge is 2.14. The third kappa shape index (κ3) is 4.93. The molecule has 1 atom stereocenters. The lowest BCUT2D eigenvalue weighted by atomic mass is 10.2. The number of carbonyl (C=O) groups is 2. The molecule has 0 aliphatic rings. The maximum atomic E-state index is 11.8. The molecule has 102 valence electrons. The smallest absolute Gasteiger partial charge is 0.246 e. The summed E-state index contributed by atoms with van der Waals surface area (Å²) < 4.78 is 0. The van der Waals surface area contributed by atoms with E-state index in [1.54, 1.807) is 31.2 Å². The average Bonchev–Trinajstić information content (AvgIpc) is 2.39. The molecule has 1 aromatic rings. The average molecular weight is 262 g/mol. The van der Waals surface area contributed by atoms with Crippen molar-refractivity contribution in [2.45, 2.75) is 26.0 Å². The Morgan fingerprint density at radius 2 is 2.00 bits per heavy atom. The van der Waals surface area contributed by atoms with Gasteiger partial charge in [0.05, 0.1) is 6.61 Å². The van der Waals surface area contributed by atoms with Crippen molar-refractivity contribution in [3.8, 4) is 0 Å². The molecule has 19 heavy (non-hydrogen) atoms. The number of aliphatic hydroxyl groups is 1. The van der Waals surface area contributed by atoms with Gasteiger partial charge in [-0.1, -0.05) is 18.2 Å². The minimum Gasteiger partial charge on any atom is -0.392 e. The Labute approximate surface area is 112 Å². The molecule has 0 fully saturated rings. The highest BCUT2D eigenvalue weighted by Crippen LogP contribution is 2.09. The molecule has 0 spiro atoms. The zero-order chi connectivity index (χ0) is 14.3. The van der Waals surface area contributed by atoms with Crippen molar-refractivity contribution in [2.75, 3.05) is 5.32 Å². The summed E-state index contributed by atoms with van der Waals surface area (Å²) >= 11 is 0. The van der Waals surface area contributed by atoms with E-state index in [0.29, 0.717) is 5.69 Å². The van der Waals surface area contributed by atoms with Crippen LogP contribution in [0.5, 0.6) is 0 Å². The molecule has 1 rings (SSSR count). The first-order valence-corrected chi connectivity index (χ1v) is 5.97. The van der Waals surface area contributed by atoms with E-state index < -0.39 is 6.04 Å². The van der Waals surface area contributed by atoms with Crippen molar-refractivity contribution in [3.05, 3.63) is 42.5 Å². The number of carbonyl (C=O) groups excluding carboxylic acids is 2. The minimum atomic E-state index is -0.620. The maximum Gasteiger partial charge on any atom is 0.246 e. The first kappa shape index (κ1) is 14.9. The van der Waals surface area contributed by atoms with Gasteiger partial charge in [-0.3, -0.25) is 9.59 Å². The molecular formula is C14H18N2O3. The van der Waals surface area contributed by atoms with Crippen molar-refractivity contribution in [1.82, 2.24) is 5.32 Å². The van der Waals surface area contributed by atoms with E-state index in [2.05, 4.69) is 17.2 Å². The highest BCUT2D eigenvalue weighted by molar-refractivity contribution is 5.96. The lowest BCUT2D eigenvalue weighted by Gasteiger charge is -2.13. The predicted octanol–water partition coefficient (Wildman–Crippen LogP) is 1.20. The van der Waals surface area contributed by atoms with E-state index in [9.17, 15) is 9.59 Å². The van der Waals surface area contributed by atoms with E-state index in [1.165, 1.54) is 6.08 Å². The highest BCUT2D eigenvalue weighted by atomic mass is 16.3. The maximum absolute atomic E-state index is 11.8. The summed E-state index contributed by atoms with van der Waals surface area (Å²) in [6.07, 6.45) is 1.66. The molecule has 0 radical (unpaired) electrons. The molecule has 5 heteroatoms. The van der Waals surface area contributed by atoms with Crippen LogP contribution in [-0.4, -0.2) is 23.0 Å². The molecule has 5 nitrogen and oxygen atoms in total. The number of rotatable bonds is 6. The fourth-order valence-corrected chi connectivity index (χ4v) is 1.44. The van der Waals surface area contributed by atoms with Crippen LogP contribution in [0.25, 0.3) is 0 Å². The van der Waals surface area contributed by atoms with Gasteiger partial charge >= 0.3 is 0 Å². The van der Waals surface area contributed by atoms with Crippen LogP contribution in [0.4, 0.5) is 5.69 Å². The molecule has 0 aromatic heterocycles. The SMILES string of the molecule is C=CCC(=O)NC(C)C(=O)Nc1ccc(CO)cc1. The molecule has 0 saturated heterocycles. The fourth-order valence-electron chi connectivity index (χ4n) is 1.44. The number of hydrogen-bond donors (Lipinski definition) is 3. The summed E-state index contributed by atoms with van der Waals surface area (Å²) in [7, 11) is 0. The molecule has 1 unspecified atom stereocenters. The van der Waals surface area contributed by atoms with Gasteiger partial charge in [-0.05, 0) is 24.6 Å². The zero-order valence-electron chi connectivity index (χ0n) is 10.8. The van der Waals surface area contributed by atoms with Gasteiger partial charge < -0.3 is 15.7 Å². The Morgan fingerprint density at radius 3 is 2.53 bits per heavy atom. The van der Waals surface area contributed by atoms with E-state index >= 15 is 0 Å². The standard InChI is InChI=1S/C14H18N2O3/c1-3-4-13(18)15-10(2)14(19)16-12-7-5-11(9-17)6-8-12/h3,5-8,10,17H,1,4,9H2,2H3,(H,15,18)(H,16,19). The Kier molecular flexibility index (Phi) is 5.75. The van der Waals surface area contributed by atoms with Crippen LogP contribution in [0, 0.1) is 0 Å². The zero-order valence-corrected chi connectivity index (χ0v) is 10.8. The second kappa shape index (κ2) is 7.33. The van der Waals surface area contributed by atoms with Crippen molar-refractivity contribution >= 4 is 17.5 Å². The van der Waals surface area contributed by atoms with E-state index in [0.717, 1.165) is 5.56 Å². The largest absolute Gasteiger partial charge is 0.392 e. The molecule has 1 aromatic carbocycles. The van der Waals surface area contributed by atoms with Gasteiger partial charge in [0.1, 0.15) is 6.04 Å². The van der Waals surface area contributed by atoms with Crippen LogP contribution in [-0.2, 0) is 16.2 Å². The van der Waals surface area contributed by atoms with E-state index in [1.807, 2.05) is 0 Å². The third-order valence-corrected chi connectivity index (χ3v) is 2.50. The molecular weight excluding hydrogens is 244 g/mol. The Morgan fingerprint density at radius 1 is 1.37 bits per heavy atom. The third-order valence-electron chi connectivity index (χ3n) is 2.50. The van der Waals surface area contributed by atoms with Crippen LogP contribution in [0.2, 0.25) is 0 Å². The fraction of sp³-hybridized carbons (Fsp3) is 0.286. The van der Waals surface area contributed by atoms with Crippen LogP contribution in [0.3, 0.4) is 0 Å². The quantitative estimate of drug-likeness (QED) is 0.674. The van der Waals surface area contributed by atoms with Crippen LogP contribution >= 0.6 is 0 Å². The summed E-state index contributed by atoms with van der Waals surface area (Å²) in [6.45, 7) is 5.03. The number of amides is 2. The van der Waals surface area contributed by atoms with Crippen molar-refractivity contribution in [1.29, 1.82) is 0 Å². The second-order valence-electron chi connectivity index (χ2n) is 4.13. The van der Waals surface area contributed by atoms with Gasteiger partial charge in [0.2, 0.25) is 11.8 Å². The monoisotopic (exact) mass is 262 g/mol. The summed E-state index contributed by atoms with van der Waals surface area (Å²) in [6, 6.07) is 6.21. The molecule has 0 heterocycles. The summed E-state index contributed by atoms with van der Waals surface area (Å²) in [5, 5.41) is 14.1. The summed E-state index contributed by atoms with van der Waals surface area (Å²) in [5.74, 6) is -0.539. The number of aliphatic hydroxyl groups excluding tert-OH is 1. The van der Waals surface area contributed by atoms with Crippen molar-refractivity contribution < 1.29 is 14.7 Å². The Hall–Kier alpha value is -2.14. The summed E-state index contributed by atoms with van der Waals surface area (Å²) in [5.41, 5.74) is 1.39. The van der Waals surface area contributed by atoms with Gasteiger partial charge in [0, 0.05) is 12.1 Å². The van der Waals surface area contributed by atoms with Crippen LogP contribution in [0.15, 0.2) is 36.9 Å². The topological polar surface area (TPSA) is 78.4 Å². The molecule has 0 saturated carbocycles. The normalized spacial score (nSPS) is 11.5. The lowest BCUT2D eigenvalue weighted by Crippen LogP contribution is -2.41. The predicted molar refractivity (Wildman–Crippen MR) is 73.4 cm³/mol. The number of benzene rings is 1. The van der Waals surface area contributed by atoms with Gasteiger partial charge in [0.15, 0.2) is 0 Å². The number of nitrogens with one attached hydrogen (secondary N) is 2. The molecule has 0 aliphatic carbocycles. The number of anilines is 1. The minimum absolute atomic E-state index is 0.0394. The lowest BCUT2D eigenvalue weighted by molar-refractivity contribution is -0.125. The van der Waals surface area contributed by atoms with Gasteiger partial charge in [-0.15, -0.1) is 6.58 Å². The van der Waals surface area contributed by atoms with Crippen LogP contribution < -0.4 is 10.6 Å². The molecule has 3 N–H and O–H groups in total. The van der Waals surface area contributed by atoms with Gasteiger partial charge in [-0.2, -0.15) is 0 Å². The van der Waals surface area contributed by atoms with E-state index in [4.69, 9.17) is 5.11 Å². The molecule has 0 bridgehead atoms. The number of hydrogen-bond acceptors (Lipinski definition) is 3. The van der Waals surface area contributed by atoms with Crippen LogP contribution in [0.1, 0.15) is 18.9 Å². The van der Waals surface area contributed by atoms with Gasteiger partial charge in [0.25, 0.3) is 0 Å². The molecule has 0 aliphatic heterocycles. The Balaban J connectivity index is 2.53. The van der Waals surface area contributed by atoms with Crippen molar-refractivity contribution in [2.24, 2.45) is 0 Å².